The molecule has 0 aliphatic carbocycles. The van der Waals surface area contributed by atoms with Gasteiger partial charge in [-0.3, -0.25) is 18.0 Å². The highest BCUT2D eigenvalue weighted by Gasteiger charge is 2.44. The predicted molar refractivity (Wildman–Crippen MR) is 86.9 cm³/mol. The lowest BCUT2D eigenvalue weighted by atomic mass is 10.1. The number of carbonyl (C=O) groups is 2. The highest BCUT2D eigenvalue weighted by Crippen LogP contribution is 2.25. The number of carbonyl (C=O) groups excluding carboxylic acids is 2. The van der Waals surface area contributed by atoms with E-state index >= 15 is 0 Å². The fourth-order valence-corrected chi connectivity index (χ4v) is 5.46. The molecule has 2 saturated heterocycles. The molecule has 12 heteroatoms. The zero-order chi connectivity index (χ0) is 19.6. The maximum atomic E-state index is 11.8. The molecular weight excluding hydrogens is 392 g/mol. The molecule has 0 N–H and O–H groups in total. The van der Waals surface area contributed by atoms with Gasteiger partial charge in [-0.25, -0.2) is 0 Å². The van der Waals surface area contributed by atoms with Crippen molar-refractivity contribution >= 4 is 32.2 Å². The third-order valence-electron chi connectivity index (χ3n) is 3.78. The molecule has 0 bridgehead atoms. The molecular formula is C14H22O10S2. The first-order valence-corrected chi connectivity index (χ1v) is 11.2. The molecule has 0 spiro atoms. The minimum atomic E-state index is -3.65. The van der Waals surface area contributed by atoms with Crippen LogP contribution in [0, 0.1) is 0 Å². The predicted octanol–water partition coefficient (Wildman–Crippen LogP) is -0.129. The summed E-state index contributed by atoms with van der Waals surface area (Å²) in [7, 11) is -7.31. The van der Waals surface area contributed by atoms with Gasteiger partial charge in [0.05, 0.1) is 0 Å². The van der Waals surface area contributed by atoms with Gasteiger partial charge in [0.25, 0.3) is 20.2 Å². The average molecular weight is 414 g/mol. The van der Waals surface area contributed by atoms with E-state index < -0.39 is 43.4 Å². The van der Waals surface area contributed by atoms with Gasteiger partial charge in [0.15, 0.2) is 11.2 Å². The molecule has 26 heavy (non-hydrogen) atoms. The van der Waals surface area contributed by atoms with Crippen LogP contribution in [0.1, 0.15) is 39.5 Å². The van der Waals surface area contributed by atoms with Crippen LogP contribution in [-0.2, 0) is 47.7 Å². The smallest absolute Gasteiger partial charge is 0.306 e. The van der Waals surface area contributed by atoms with Gasteiger partial charge < -0.3 is 9.47 Å². The summed E-state index contributed by atoms with van der Waals surface area (Å²) in [6.07, 6.45) is 0.696. The van der Waals surface area contributed by atoms with Gasteiger partial charge in [0.2, 0.25) is 0 Å². The highest BCUT2D eigenvalue weighted by molar-refractivity contribution is 7.87. The van der Waals surface area contributed by atoms with E-state index in [1.165, 1.54) is 13.8 Å². The Kier molecular flexibility index (Phi) is 6.00. The Morgan fingerprint density at radius 1 is 0.808 bits per heavy atom. The molecule has 0 amide bonds. The van der Waals surface area contributed by atoms with Crippen molar-refractivity contribution in [1.29, 1.82) is 0 Å². The van der Waals surface area contributed by atoms with E-state index in [1.807, 2.05) is 0 Å². The van der Waals surface area contributed by atoms with Gasteiger partial charge in [0.1, 0.15) is 24.7 Å². The van der Waals surface area contributed by atoms with Crippen LogP contribution in [0.5, 0.6) is 0 Å². The Hall–Kier alpha value is -1.24. The van der Waals surface area contributed by atoms with E-state index in [9.17, 15) is 26.4 Å². The zero-order valence-corrected chi connectivity index (χ0v) is 16.2. The van der Waals surface area contributed by atoms with Gasteiger partial charge >= 0.3 is 11.9 Å². The SMILES string of the molecule is CC1(OC(=O)CCCCC(=O)OC2(C)COS(=O)(=O)C2)COS(=O)(=O)C1. The summed E-state index contributed by atoms with van der Waals surface area (Å²) < 4.78 is 64.5. The molecule has 2 heterocycles. The summed E-state index contributed by atoms with van der Waals surface area (Å²) in [5, 5.41) is 0. The third-order valence-corrected chi connectivity index (χ3v) is 6.67. The summed E-state index contributed by atoms with van der Waals surface area (Å²) in [6, 6.07) is 0. The molecule has 0 aromatic rings. The Bertz CT molecular complexity index is 706. The average Bonchev–Trinajstić information content (AvgIpc) is 2.89. The standard InChI is InChI=1S/C14H22O10S2/c1-13(7-21-25(17,18)9-13)23-11(15)5-3-4-6-12(16)24-14(2)8-22-26(19,20)10-14/h3-10H2,1-2H3. The number of hydrogen-bond donors (Lipinski definition) is 0. The van der Waals surface area contributed by atoms with Crippen LogP contribution in [0.2, 0.25) is 0 Å². The molecule has 150 valence electrons. The number of ether oxygens (including phenoxy) is 2. The van der Waals surface area contributed by atoms with Gasteiger partial charge in [-0.1, -0.05) is 0 Å². The van der Waals surface area contributed by atoms with Crippen LogP contribution in [-0.4, -0.2) is 64.7 Å². The summed E-state index contributed by atoms with van der Waals surface area (Å²) in [5.41, 5.74) is -2.39. The van der Waals surface area contributed by atoms with Gasteiger partial charge in [-0.2, -0.15) is 16.8 Å². The van der Waals surface area contributed by atoms with Crippen LogP contribution >= 0.6 is 0 Å². The lowest BCUT2D eigenvalue weighted by molar-refractivity contribution is -0.159. The lowest BCUT2D eigenvalue weighted by Gasteiger charge is -2.21. The van der Waals surface area contributed by atoms with Crippen LogP contribution in [0.4, 0.5) is 0 Å². The Morgan fingerprint density at radius 2 is 1.15 bits per heavy atom. The maximum absolute atomic E-state index is 11.8. The number of esters is 2. The minimum Gasteiger partial charge on any atom is -0.456 e. The molecule has 0 aromatic heterocycles. The van der Waals surface area contributed by atoms with Crippen molar-refractivity contribution < 1.29 is 44.3 Å². The van der Waals surface area contributed by atoms with E-state index in [0.717, 1.165) is 0 Å². The lowest BCUT2D eigenvalue weighted by Crippen LogP contribution is -2.36. The minimum absolute atomic E-state index is 0.0116. The zero-order valence-electron chi connectivity index (χ0n) is 14.6. The topological polar surface area (TPSA) is 139 Å². The Balaban J connectivity index is 1.66. The molecule has 2 aliphatic heterocycles. The second kappa shape index (κ2) is 7.41. The number of unbranched alkanes of at least 4 members (excludes halogenated alkanes) is 1. The van der Waals surface area contributed by atoms with E-state index in [4.69, 9.17) is 9.47 Å². The Labute approximate surface area is 152 Å². The number of rotatable bonds is 7. The van der Waals surface area contributed by atoms with Crippen molar-refractivity contribution in [2.45, 2.75) is 50.7 Å². The first-order valence-electron chi connectivity index (χ1n) is 8.00. The summed E-state index contributed by atoms with van der Waals surface area (Å²) in [6.45, 7) is 2.53. The molecule has 2 fully saturated rings. The first kappa shape index (κ1) is 21.1. The molecule has 0 saturated carbocycles. The highest BCUT2D eigenvalue weighted by atomic mass is 32.2. The van der Waals surface area contributed by atoms with Crippen LogP contribution in [0.15, 0.2) is 0 Å². The monoisotopic (exact) mass is 414 g/mol. The molecule has 0 aromatic carbocycles. The fourth-order valence-electron chi connectivity index (χ4n) is 2.65. The second-order valence-electron chi connectivity index (χ2n) is 6.98. The number of hydrogen-bond acceptors (Lipinski definition) is 10. The largest absolute Gasteiger partial charge is 0.456 e. The fraction of sp³-hybridized carbons (Fsp3) is 0.857. The van der Waals surface area contributed by atoms with E-state index in [-0.39, 0.29) is 37.6 Å². The second-order valence-corrected chi connectivity index (χ2v) is 10.3. The van der Waals surface area contributed by atoms with Crippen molar-refractivity contribution in [2.75, 3.05) is 24.7 Å². The van der Waals surface area contributed by atoms with Crippen molar-refractivity contribution in [1.82, 2.24) is 0 Å². The molecule has 0 radical (unpaired) electrons. The normalized spacial score (nSPS) is 32.2. The van der Waals surface area contributed by atoms with Gasteiger partial charge in [-0.15, -0.1) is 0 Å². The van der Waals surface area contributed by atoms with Crippen molar-refractivity contribution in [3.8, 4) is 0 Å². The van der Waals surface area contributed by atoms with E-state index in [1.54, 1.807) is 0 Å². The first-order chi connectivity index (χ1) is 11.8. The van der Waals surface area contributed by atoms with Crippen LogP contribution < -0.4 is 0 Å². The molecule has 10 nitrogen and oxygen atoms in total. The van der Waals surface area contributed by atoms with Crippen molar-refractivity contribution in [3.05, 3.63) is 0 Å². The summed E-state index contributed by atoms with van der Waals surface area (Å²) in [5.74, 6) is -1.93. The summed E-state index contributed by atoms with van der Waals surface area (Å²) >= 11 is 0. The third kappa shape index (κ3) is 6.18. The molecule has 2 atom stereocenters. The van der Waals surface area contributed by atoms with Gasteiger partial charge in [0, 0.05) is 12.8 Å². The van der Waals surface area contributed by atoms with E-state index in [2.05, 4.69) is 8.37 Å². The maximum Gasteiger partial charge on any atom is 0.306 e. The van der Waals surface area contributed by atoms with E-state index in [0.29, 0.717) is 12.8 Å². The quantitative estimate of drug-likeness (QED) is 0.314. The van der Waals surface area contributed by atoms with Gasteiger partial charge in [-0.05, 0) is 26.7 Å². The van der Waals surface area contributed by atoms with Crippen LogP contribution in [0.25, 0.3) is 0 Å². The van der Waals surface area contributed by atoms with Crippen molar-refractivity contribution in [2.24, 2.45) is 0 Å². The molecule has 2 rings (SSSR count). The Morgan fingerprint density at radius 3 is 1.42 bits per heavy atom. The molecule has 2 unspecified atom stereocenters. The molecule has 2 aliphatic rings. The van der Waals surface area contributed by atoms with Crippen molar-refractivity contribution in [3.63, 3.8) is 0 Å². The van der Waals surface area contributed by atoms with Crippen LogP contribution in [0.3, 0.4) is 0 Å². The summed E-state index contributed by atoms with van der Waals surface area (Å²) in [4.78, 5) is 23.6.